The molecule has 0 aliphatic carbocycles. The van der Waals surface area contributed by atoms with Gasteiger partial charge in [-0.25, -0.2) is 0 Å². The fourth-order valence-corrected chi connectivity index (χ4v) is 3.84. The zero-order chi connectivity index (χ0) is 15.4. The summed E-state index contributed by atoms with van der Waals surface area (Å²) in [5.41, 5.74) is 0.958. The van der Waals surface area contributed by atoms with Crippen molar-refractivity contribution in [1.29, 1.82) is 0 Å². The van der Waals surface area contributed by atoms with E-state index in [1.165, 1.54) is 0 Å². The number of hydrogen-bond donors (Lipinski definition) is 0. The summed E-state index contributed by atoms with van der Waals surface area (Å²) in [6, 6.07) is 7.60. The third kappa shape index (κ3) is 3.71. The zero-order valence-electron chi connectivity index (χ0n) is 12.2. The Morgan fingerprint density at radius 3 is 2.86 bits per heavy atom. The van der Waals surface area contributed by atoms with E-state index in [4.69, 9.17) is 11.6 Å². The van der Waals surface area contributed by atoms with Crippen LogP contribution in [0.1, 0.15) is 24.3 Å². The Balaban J connectivity index is 2.07. The lowest BCUT2D eigenvalue weighted by atomic mass is 10.2. The number of amides is 2. The van der Waals surface area contributed by atoms with E-state index in [1.807, 2.05) is 36.1 Å². The van der Waals surface area contributed by atoms with Crippen LogP contribution in [0.25, 0.3) is 0 Å². The van der Waals surface area contributed by atoms with Gasteiger partial charge in [-0.1, -0.05) is 36.7 Å². The fraction of sp³-hybridized carbons (Fsp3) is 0.467. The molecule has 2 rings (SSSR count). The van der Waals surface area contributed by atoms with Crippen molar-refractivity contribution in [2.24, 2.45) is 0 Å². The highest BCUT2D eigenvalue weighted by Crippen LogP contribution is 2.41. The van der Waals surface area contributed by atoms with Gasteiger partial charge < -0.3 is 9.80 Å². The van der Waals surface area contributed by atoms with Gasteiger partial charge in [-0.15, -0.1) is 11.8 Å². The molecule has 1 aromatic rings. The summed E-state index contributed by atoms with van der Waals surface area (Å²) in [6.45, 7) is 2.91. The van der Waals surface area contributed by atoms with Gasteiger partial charge in [0.25, 0.3) is 0 Å². The summed E-state index contributed by atoms with van der Waals surface area (Å²) in [5.74, 6) is 0.646. The van der Waals surface area contributed by atoms with Crippen LogP contribution in [0.5, 0.6) is 0 Å². The van der Waals surface area contributed by atoms with Crippen LogP contribution in [0.15, 0.2) is 24.3 Å². The molecule has 1 atom stereocenters. The Morgan fingerprint density at radius 1 is 1.48 bits per heavy atom. The van der Waals surface area contributed by atoms with E-state index in [1.54, 1.807) is 23.7 Å². The van der Waals surface area contributed by atoms with Crippen molar-refractivity contribution >= 4 is 35.2 Å². The van der Waals surface area contributed by atoms with E-state index in [0.717, 1.165) is 5.56 Å². The SMILES string of the molecule is CCC(=O)N(C)CCN1C(=O)CSC1c1ccccc1Cl. The molecule has 21 heavy (non-hydrogen) atoms. The molecule has 1 unspecified atom stereocenters. The molecule has 1 aromatic carbocycles. The summed E-state index contributed by atoms with van der Waals surface area (Å²) in [6.07, 6.45) is 0.479. The highest BCUT2D eigenvalue weighted by Gasteiger charge is 2.33. The van der Waals surface area contributed by atoms with E-state index in [2.05, 4.69) is 0 Å². The van der Waals surface area contributed by atoms with Crippen molar-refractivity contribution in [1.82, 2.24) is 9.80 Å². The minimum absolute atomic E-state index is 0.0590. The number of likely N-dealkylation sites (N-methyl/N-ethyl adjacent to an activating group) is 1. The lowest BCUT2D eigenvalue weighted by molar-refractivity contribution is -0.132. The van der Waals surface area contributed by atoms with Gasteiger partial charge in [0.15, 0.2) is 0 Å². The summed E-state index contributed by atoms with van der Waals surface area (Å²) in [4.78, 5) is 27.2. The Bertz CT molecular complexity index is 538. The van der Waals surface area contributed by atoms with Crippen molar-refractivity contribution in [2.75, 3.05) is 25.9 Å². The third-order valence-corrected chi connectivity index (χ3v) is 5.13. The highest BCUT2D eigenvalue weighted by atomic mass is 35.5. The number of carbonyl (C=O) groups is 2. The van der Waals surface area contributed by atoms with Crippen LogP contribution in [-0.2, 0) is 9.59 Å². The molecule has 0 aromatic heterocycles. The second kappa shape index (κ2) is 7.18. The van der Waals surface area contributed by atoms with Gasteiger partial charge >= 0.3 is 0 Å². The second-order valence-corrected chi connectivity index (χ2v) is 6.42. The molecule has 2 amide bonds. The number of hydrogen-bond acceptors (Lipinski definition) is 3. The van der Waals surface area contributed by atoms with Gasteiger partial charge in [-0.2, -0.15) is 0 Å². The van der Waals surface area contributed by atoms with Crippen molar-refractivity contribution in [3.63, 3.8) is 0 Å². The Morgan fingerprint density at radius 2 is 2.19 bits per heavy atom. The first kappa shape index (κ1) is 16.2. The first-order valence-electron chi connectivity index (χ1n) is 6.94. The fourth-order valence-electron chi connectivity index (χ4n) is 2.28. The summed E-state index contributed by atoms with van der Waals surface area (Å²) in [7, 11) is 1.77. The lowest BCUT2D eigenvalue weighted by Gasteiger charge is -2.27. The molecule has 0 saturated carbocycles. The van der Waals surface area contributed by atoms with Crippen LogP contribution < -0.4 is 0 Å². The Hall–Kier alpha value is -1.20. The van der Waals surface area contributed by atoms with Crippen molar-refractivity contribution in [2.45, 2.75) is 18.7 Å². The normalized spacial score (nSPS) is 18.1. The standard InChI is InChI=1S/C15H19ClN2O2S/c1-3-13(19)17(2)8-9-18-14(20)10-21-15(18)11-6-4-5-7-12(11)16/h4-7,15H,3,8-10H2,1-2H3. The molecule has 1 heterocycles. The Kier molecular flexibility index (Phi) is 5.53. The van der Waals surface area contributed by atoms with E-state index in [-0.39, 0.29) is 17.2 Å². The number of carbonyl (C=O) groups excluding carboxylic acids is 2. The Labute approximate surface area is 134 Å². The largest absolute Gasteiger partial charge is 0.344 e. The minimum atomic E-state index is -0.0590. The van der Waals surface area contributed by atoms with Crippen LogP contribution in [0.2, 0.25) is 5.02 Å². The predicted octanol–water partition coefficient (Wildman–Crippen LogP) is 2.78. The van der Waals surface area contributed by atoms with E-state index in [9.17, 15) is 9.59 Å². The van der Waals surface area contributed by atoms with Crippen molar-refractivity contribution in [3.05, 3.63) is 34.9 Å². The van der Waals surface area contributed by atoms with Crippen molar-refractivity contribution < 1.29 is 9.59 Å². The summed E-state index contributed by atoms with van der Waals surface area (Å²) < 4.78 is 0. The first-order chi connectivity index (χ1) is 10.0. The molecule has 0 spiro atoms. The van der Waals surface area contributed by atoms with Gasteiger partial charge in [0.1, 0.15) is 5.37 Å². The number of halogens is 1. The van der Waals surface area contributed by atoms with E-state index in [0.29, 0.717) is 30.3 Å². The maximum Gasteiger partial charge on any atom is 0.233 e. The minimum Gasteiger partial charge on any atom is -0.344 e. The van der Waals surface area contributed by atoms with Gasteiger partial charge in [0.2, 0.25) is 11.8 Å². The molecule has 0 bridgehead atoms. The summed E-state index contributed by atoms with van der Waals surface area (Å²) >= 11 is 7.82. The second-order valence-electron chi connectivity index (χ2n) is 4.94. The monoisotopic (exact) mass is 326 g/mol. The van der Waals surface area contributed by atoms with Gasteiger partial charge in [-0.3, -0.25) is 9.59 Å². The van der Waals surface area contributed by atoms with Crippen LogP contribution in [0.4, 0.5) is 0 Å². The van der Waals surface area contributed by atoms with E-state index < -0.39 is 0 Å². The van der Waals surface area contributed by atoms with Gasteiger partial charge in [-0.05, 0) is 6.07 Å². The van der Waals surface area contributed by atoms with Crippen LogP contribution >= 0.6 is 23.4 Å². The molecule has 1 fully saturated rings. The molecule has 1 aliphatic rings. The van der Waals surface area contributed by atoms with Crippen LogP contribution in [0.3, 0.4) is 0 Å². The molecular weight excluding hydrogens is 308 g/mol. The van der Waals surface area contributed by atoms with Crippen molar-refractivity contribution in [3.8, 4) is 0 Å². The van der Waals surface area contributed by atoms with Crippen LogP contribution in [0, 0.1) is 0 Å². The highest BCUT2D eigenvalue weighted by molar-refractivity contribution is 8.00. The van der Waals surface area contributed by atoms with Gasteiger partial charge in [0, 0.05) is 37.1 Å². The number of thioether (sulfide) groups is 1. The molecular formula is C15H19ClN2O2S. The lowest BCUT2D eigenvalue weighted by Crippen LogP contribution is -2.38. The first-order valence-corrected chi connectivity index (χ1v) is 8.36. The quantitative estimate of drug-likeness (QED) is 0.835. The molecule has 1 aliphatic heterocycles. The molecule has 0 N–H and O–H groups in total. The molecule has 0 radical (unpaired) electrons. The molecule has 6 heteroatoms. The summed E-state index contributed by atoms with van der Waals surface area (Å²) in [5, 5.41) is 0.615. The maximum absolute atomic E-state index is 12.1. The average Bonchev–Trinajstić information content (AvgIpc) is 2.85. The number of rotatable bonds is 5. The number of benzene rings is 1. The third-order valence-electron chi connectivity index (χ3n) is 3.54. The maximum atomic E-state index is 12.1. The molecule has 1 saturated heterocycles. The van der Waals surface area contributed by atoms with E-state index >= 15 is 0 Å². The molecule has 4 nitrogen and oxygen atoms in total. The molecule has 114 valence electrons. The van der Waals surface area contributed by atoms with Crippen LogP contribution in [-0.4, -0.2) is 47.5 Å². The number of nitrogens with zero attached hydrogens (tertiary/aromatic N) is 2. The predicted molar refractivity (Wildman–Crippen MR) is 86.3 cm³/mol. The smallest absolute Gasteiger partial charge is 0.233 e. The van der Waals surface area contributed by atoms with Gasteiger partial charge in [0.05, 0.1) is 5.75 Å². The average molecular weight is 327 g/mol. The topological polar surface area (TPSA) is 40.6 Å². The zero-order valence-corrected chi connectivity index (χ0v) is 13.8.